The van der Waals surface area contributed by atoms with Crippen molar-refractivity contribution in [3.8, 4) is 22.9 Å². The van der Waals surface area contributed by atoms with Crippen LogP contribution in [0.25, 0.3) is 11.3 Å². The average molecular weight is 643 g/mol. The Kier molecular flexibility index (Phi) is 7.91. The van der Waals surface area contributed by atoms with Crippen molar-refractivity contribution >= 4 is 5.91 Å². The highest BCUT2D eigenvalue weighted by Gasteiger charge is 2.56. The number of rotatable bonds is 9. The lowest BCUT2D eigenvalue weighted by Crippen LogP contribution is -2.64. The van der Waals surface area contributed by atoms with Gasteiger partial charge in [-0.2, -0.15) is 18.3 Å². The first-order valence-corrected chi connectivity index (χ1v) is 15.2. The summed E-state index contributed by atoms with van der Waals surface area (Å²) < 4.78 is 69.5. The molecule has 0 unspecified atom stereocenters. The lowest BCUT2D eigenvalue weighted by molar-refractivity contribution is -0.149. The number of hydrogen-bond donors (Lipinski definition) is 0. The summed E-state index contributed by atoms with van der Waals surface area (Å²) in [6, 6.07) is 26.9. The second-order valence-electron chi connectivity index (χ2n) is 12.2. The third-order valence-corrected chi connectivity index (χ3v) is 8.73. The predicted molar refractivity (Wildman–Crippen MR) is 165 cm³/mol. The summed E-state index contributed by atoms with van der Waals surface area (Å²) >= 11 is 0. The van der Waals surface area contributed by atoms with Gasteiger partial charge in [-0.15, -0.1) is 0 Å². The summed E-state index contributed by atoms with van der Waals surface area (Å²) in [4.78, 5) is 19.0. The van der Waals surface area contributed by atoms with E-state index in [4.69, 9.17) is 9.47 Å². The lowest BCUT2D eigenvalue weighted by Gasteiger charge is -2.59. The Bertz CT molecular complexity index is 1860. The van der Waals surface area contributed by atoms with Crippen LogP contribution in [0.3, 0.4) is 0 Å². The van der Waals surface area contributed by atoms with Gasteiger partial charge in [-0.05, 0) is 54.3 Å². The zero-order valence-electron chi connectivity index (χ0n) is 25.2. The first-order chi connectivity index (χ1) is 22.7. The molecule has 1 saturated heterocycles. The number of pyridine rings is 1. The number of alkyl halides is 3. The van der Waals surface area contributed by atoms with Gasteiger partial charge in [0.2, 0.25) is 5.88 Å². The van der Waals surface area contributed by atoms with Crippen molar-refractivity contribution in [1.82, 2.24) is 19.7 Å². The van der Waals surface area contributed by atoms with Crippen molar-refractivity contribution in [1.29, 1.82) is 0 Å². The molecule has 1 aliphatic carbocycles. The maximum absolute atomic E-state index is 14.7. The molecule has 2 fully saturated rings. The van der Waals surface area contributed by atoms with Gasteiger partial charge in [-0.25, -0.2) is 9.37 Å². The molecular weight excluding hydrogens is 612 g/mol. The summed E-state index contributed by atoms with van der Waals surface area (Å²) in [6.45, 7) is 1.26. The van der Waals surface area contributed by atoms with E-state index in [-0.39, 0.29) is 23.3 Å². The zero-order chi connectivity index (χ0) is 32.6. The molecule has 2 aromatic heterocycles. The average Bonchev–Trinajstić information content (AvgIpc) is 3.49. The molecule has 2 aliphatic rings. The third-order valence-electron chi connectivity index (χ3n) is 8.73. The number of carbonyl (C=O) groups is 1. The highest BCUT2D eigenvalue weighted by molar-refractivity contribution is 5.95. The Morgan fingerprint density at radius 1 is 0.851 bits per heavy atom. The van der Waals surface area contributed by atoms with Crippen LogP contribution < -0.4 is 9.47 Å². The van der Waals surface area contributed by atoms with Crippen molar-refractivity contribution in [3.63, 3.8) is 0 Å². The molecule has 0 atom stereocenters. The molecule has 0 bridgehead atoms. The molecule has 11 heteroatoms. The summed E-state index contributed by atoms with van der Waals surface area (Å²) in [5.41, 5.74) is 1.25. The SMILES string of the molecule is O=C(c1cc(OCc2ccccc2)ccc1F)N1CC2(CC(n3nc(-c4ccc(OCc5ccccc5)nc4)cc3C(F)(F)F)C2)C1. The second-order valence-corrected chi connectivity index (χ2v) is 12.2. The molecule has 7 rings (SSSR count). The molecule has 1 aliphatic heterocycles. The lowest BCUT2D eigenvalue weighted by atomic mass is 9.60. The first-order valence-electron chi connectivity index (χ1n) is 15.2. The molecule has 1 amide bonds. The highest BCUT2D eigenvalue weighted by Crippen LogP contribution is 2.55. The summed E-state index contributed by atoms with van der Waals surface area (Å²) in [5.74, 6) is -0.401. The number of aromatic nitrogens is 3. The Morgan fingerprint density at radius 3 is 2.13 bits per heavy atom. The van der Waals surface area contributed by atoms with Crippen LogP contribution in [0, 0.1) is 11.2 Å². The van der Waals surface area contributed by atoms with E-state index in [1.165, 1.54) is 29.3 Å². The van der Waals surface area contributed by atoms with E-state index in [9.17, 15) is 22.4 Å². The molecule has 240 valence electrons. The van der Waals surface area contributed by atoms with E-state index in [0.29, 0.717) is 49.7 Å². The van der Waals surface area contributed by atoms with Gasteiger partial charge >= 0.3 is 6.18 Å². The number of benzene rings is 3. The fraction of sp³-hybridized carbons (Fsp3) is 0.250. The van der Waals surface area contributed by atoms with Gasteiger partial charge in [-0.1, -0.05) is 60.7 Å². The van der Waals surface area contributed by atoms with Crippen molar-refractivity contribution in [2.45, 2.75) is 38.3 Å². The molecule has 0 radical (unpaired) electrons. The van der Waals surface area contributed by atoms with Gasteiger partial charge in [0, 0.05) is 36.3 Å². The Morgan fingerprint density at radius 2 is 1.51 bits per heavy atom. The molecule has 3 aromatic carbocycles. The van der Waals surface area contributed by atoms with Crippen LogP contribution in [0.5, 0.6) is 11.6 Å². The van der Waals surface area contributed by atoms with E-state index >= 15 is 0 Å². The van der Waals surface area contributed by atoms with Crippen LogP contribution in [-0.4, -0.2) is 38.7 Å². The molecule has 7 nitrogen and oxygen atoms in total. The molecule has 5 aromatic rings. The quantitative estimate of drug-likeness (QED) is 0.154. The van der Waals surface area contributed by atoms with Crippen molar-refractivity contribution in [2.24, 2.45) is 5.41 Å². The van der Waals surface area contributed by atoms with Gasteiger partial charge in [0.1, 0.15) is 30.5 Å². The molecule has 3 heterocycles. The van der Waals surface area contributed by atoms with Crippen LogP contribution in [0.4, 0.5) is 17.6 Å². The normalized spacial score (nSPS) is 15.6. The topological polar surface area (TPSA) is 69.5 Å². The van der Waals surface area contributed by atoms with Crippen molar-refractivity contribution in [3.05, 3.63) is 131 Å². The largest absolute Gasteiger partial charge is 0.489 e. The Balaban J connectivity index is 0.983. The van der Waals surface area contributed by atoms with Gasteiger partial charge in [-0.3, -0.25) is 9.48 Å². The maximum atomic E-state index is 14.7. The molecule has 1 saturated carbocycles. The van der Waals surface area contributed by atoms with E-state index in [1.54, 1.807) is 12.1 Å². The predicted octanol–water partition coefficient (Wildman–Crippen LogP) is 7.74. The van der Waals surface area contributed by atoms with Crippen molar-refractivity contribution in [2.75, 3.05) is 13.1 Å². The minimum atomic E-state index is -4.60. The Hall–Kier alpha value is -5.19. The van der Waals surface area contributed by atoms with Crippen molar-refractivity contribution < 1.29 is 31.8 Å². The van der Waals surface area contributed by atoms with Crippen LogP contribution in [0.1, 0.15) is 46.1 Å². The van der Waals surface area contributed by atoms with E-state index in [2.05, 4.69) is 10.1 Å². The summed E-state index contributed by atoms with van der Waals surface area (Å²) in [7, 11) is 0. The van der Waals surface area contributed by atoms with Crippen LogP contribution in [-0.2, 0) is 19.4 Å². The molecule has 0 N–H and O–H groups in total. The number of halogens is 4. The second kappa shape index (κ2) is 12.2. The van der Waals surface area contributed by atoms with E-state index in [1.807, 2.05) is 60.7 Å². The number of carbonyl (C=O) groups excluding carboxylic acids is 1. The molecule has 1 spiro atoms. The summed E-state index contributed by atoms with van der Waals surface area (Å²) in [6.07, 6.45) is -2.30. The summed E-state index contributed by atoms with van der Waals surface area (Å²) in [5, 5.41) is 4.35. The standard InChI is InChI=1S/C36H30F4N4O3/c37-30-13-12-28(46-20-24-7-3-1-4-8-24)15-29(30)34(45)43-22-35(23-43)17-27(18-35)44-32(36(38,39)40)16-31(42-44)26-11-14-33(41-19-26)47-21-25-9-5-2-6-10-25/h1-16,19,27H,17-18,20-23H2. The third kappa shape index (κ3) is 6.43. The van der Waals surface area contributed by atoms with Gasteiger partial charge in [0.15, 0.2) is 0 Å². The van der Waals surface area contributed by atoms with E-state index < -0.39 is 29.6 Å². The first kappa shape index (κ1) is 30.5. The van der Waals surface area contributed by atoms with Crippen LogP contribution in [0.15, 0.2) is 103 Å². The smallest absolute Gasteiger partial charge is 0.433 e. The van der Waals surface area contributed by atoms with E-state index in [0.717, 1.165) is 21.9 Å². The number of likely N-dealkylation sites (tertiary alicyclic amines) is 1. The van der Waals surface area contributed by atoms with Crippen LogP contribution >= 0.6 is 0 Å². The van der Waals surface area contributed by atoms with Crippen LogP contribution in [0.2, 0.25) is 0 Å². The molecule has 47 heavy (non-hydrogen) atoms. The number of hydrogen-bond acceptors (Lipinski definition) is 5. The highest BCUT2D eigenvalue weighted by atomic mass is 19.4. The fourth-order valence-electron chi connectivity index (χ4n) is 6.32. The minimum Gasteiger partial charge on any atom is -0.489 e. The Labute approximate surface area is 268 Å². The number of nitrogens with zero attached hydrogens (tertiary/aromatic N) is 4. The fourth-order valence-corrected chi connectivity index (χ4v) is 6.32. The number of ether oxygens (including phenoxy) is 2. The zero-order valence-corrected chi connectivity index (χ0v) is 25.2. The molecular formula is C36H30F4N4O3. The van der Waals surface area contributed by atoms with Gasteiger partial charge in [0.05, 0.1) is 17.3 Å². The maximum Gasteiger partial charge on any atom is 0.433 e. The monoisotopic (exact) mass is 642 g/mol. The van der Waals surface area contributed by atoms with Gasteiger partial charge in [0.25, 0.3) is 5.91 Å². The number of amides is 1. The van der Waals surface area contributed by atoms with Gasteiger partial charge < -0.3 is 14.4 Å². The minimum absolute atomic E-state index is 0.0949.